The van der Waals surface area contributed by atoms with Crippen LogP contribution in [0.5, 0.6) is 5.75 Å². The van der Waals surface area contributed by atoms with Crippen LogP contribution >= 0.6 is 0 Å². The average Bonchev–Trinajstić information content (AvgIpc) is 2.77. The predicted molar refractivity (Wildman–Crippen MR) is 53.6 cm³/mol. The number of rotatable bonds is 4. The van der Waals surface area contributed by atoms with Crippen LogP contribution in [0.4, 0.5) is 4.39 Å². The van der Waals surface area contributed by atoms with Crippen molar-refractivity contribution in [3.63, 3.8) is 0 Å². The maximum Gasteiger partial charge on any atom is 0.180 e. The standard InChI is InChI=1S/C11H9FN2O3/c12-8-1-3-9(4-2-8)17-7-14-6-5-10(13-14)11(15)16/h1-6H,7H2,(H,15,16)/p-1. The highest BCUT2D eigenvalue weighted by molar-refractivity contribution is 5.83. The average molecular weight is 235 g/mol. The van der Waals surface area contributed by atoms with Crippen LogP contribution in [0.25, 0.3) is 0 Å². The molecule has 0 fully saturated rings. The van der Waals surface area contributed by atoms with Crippen LogP contribution < -0.4 is 9.84 Å². The lowest BCUT2D eigenvalue weighted by Crippen LogP contribution is -2.23. The van der Waals surface area contributed by atoms with Crippen LogP contribution in [0.1, 0.15) is 10.5 Å². The van der Waals surface area contributed by atoms with Crippen LogP contribution in [-0.2, 0) is 6.73 Å². The second kappa shape index (κ2) is 4.65. The van der Waals surface area contributed by atoms with Gasteiger partial charge in [0.05, 0.1) is 5.97 Å². The Morgan fingerprint density at radius 2 is 2.06 bits per heavy atom. The van der Waals surface area contributed by atoms with E-state index in [9.17, 15) is 14.3 Å². The number of benzene rings is 1. The number of carbonyl (C=O) groups is 1. The molecule has 1 aromatic carbocycles. The summed E-state index contributed by atoms with van der Waals surface area (Å²) < 4.78 is 19.2. The summed E-state index contributed by atoms with van der Waals surface area (Å²) in [4.78, 5) is 10.5. The van der Waals surface area contributed by atoms with Crippen LogP contribution in [-0.4, -0.2) is 15.7 Å². The number of hydrogen-bond donors (Lipinski definition) is 0. The molecule has 1 heterocycles. The SMILES string of the molecule is O=C([O-])c1ccn(COc2ccc(F)cc2)n1. The molecule has 0 radical (unpaired) electrons. The fraction of sp³-hybridized carbons (Fsp3) is 0.0909. The van der Waals surface area contributed by atoms with Crippen molar-refractivity contribution in [1.82, 2.24) is 9.78 Å². The minimum Gasteiger partial charge on any atom is -0.543 e. The van der Waals surface area contributed by atoms with E-state index in [-0.39, 0.29) is 18.2 Å². The highest BCUT2D eigenvalue weighted by Gasteiger charge is 2.00. The summed E-state index contributed by atoms with van der Waals surface area (Å²) in [6.45, 7) is 0.0406. The van der Waals surface area contributed by atoms with E-state index in [2.05, 4.69) is 5.10 Å². The van der Waals surface area contributed by atoms with Crippen LogP contribution in [0.2, 0.25) is 0 Å². The molecule has 0 amide bonds. The number of halogens is 1. The molecular weight excluding hydrogens is 227 g/mol. The zero-order chi connectivity index (χ0) is 12.3. The smallest absolute Gasteiger partial charge is 0.180 e. The van der Waals surface area contributed by atoms with E-state index < -0.39 is 5.97 Å². The maximum absolute atomic E-state index is 12.6. The van der Waals surface area contributed by atoms with Gasteiger partial charge in [0.15, 0.2) is 6.73 Å². The van der Waals surface area contributed by atoms with Gasteiger partial charge in [-0.1, -0.05) is 0 Å². The van der Waals surface area contributed by atoms with E-state index in [1.165, 1.54) is 41.2 Å². The lowest BCUT2D eigenvalue weighted by molar-refractivity contribution is -0.255. The number of carboxylic acid groups (broad SMARTS) is 1. The first-order valence-electron chi connectivity index (χ1n) is 4.78. The monoisotopic (exact) mass is 235 g/mol. The molecule has 1 aromatic heterocycles. The molecule has 0 aliphatic rings. The van der Waals surface area contributed by atoms with Gasteiger partial charge in [0, 0.05) is 6.20 Å². The molecule has 2 aromatic rings. The number of carboxylic acids is 1. The summed E-state index contributed by atoms with van der Waals surface area (Å²) in [7, 11) is 0. The van der Waals surface area contributed by atoms with Crippen LogP contribution in [0, 0.1) is 5.82 Å². The van der Waals surface area contributed by atoms with Crippen molar-refractivity contribution in [2.24, 2.45) is 0 Å². The summed E-state index contributed by atoms with van der Waals surface area (Å²) in [5.41, 5.74) is -0.160. The third-order valence-corrected chi connectivity index (χ3v) is 2.03. The van der Waals surface area contributed by atoms with E-state index in [1.807, 2.05) is 0 Å². The summed E-state index contributed by atoms with van der Waals surface area (Å²) >= 11 is 0. The third kappa shape index (κ3) is 2.81. The van der Waals surface area contributed by atoms with E-state index in [4.69, 9.17) is 4.74 Å². The minimum atomic E-state index is -1.34. The second-order valence-corrected chi connectivity index (χ2v) is 3.26. The molecular formula is C11H8FN2O3-. The summed E-state index contributed by atoms with van der Waals surface area (Å²) in [5, 5.41) is 14.2. The largest absolute Gasteiger partial charge is 0.543 e. The molecule has 5 nitrogen and oxygen atoms in total. The normalized spacial score (nSPS) is 10.2. The molecule has 0 spiro atoms. The molecule has 0 atom stereocenters. The Kier molecular flexibility index (Phi) is 3.04. The Bertz CT molecular complexity index is 522. The van der Waals surface area contributed by atoms with E-state index in [0.717, 1.165) is 0 Å². The van der Waals surface area contributed by atoms with Gasteiger partial charge in [0.2, 0.25) is 0 Å². The highest BCUT2D eigenvalue weighted by atomic mass is 19.1. The molecule has 0 bridgehead atoms. The lowest BCUT2D eigenvalue weighted by atomic mass is 10.3. The zero-order valence-electron chi connectivity index (χ0n) is 8.67. The van der Waals surface area contributed by atoms with Gasteiger partial charge in [-0.05, 0) is 30.3 Å². The van der Waals surface area contributed by atoms with Crippen molar-refractivity contribution in [2.45, 2.75) is 6.73 Å². The topological polar surface area (TPSA) is 67.2 Å². The first kappa shape index (κ1) is 11.1. The molecule has 0 aliphatic heterocycles. The molecule has 0 unspecified atom stereocenters. The minimum absolute atomic E-state index is 0.0406. The van der Waals surface area contributed by atoms with Gasteiger partial charge in [-0.3, -0.25) is 0 Å². The first-order valence-corrected chi connectivity index (χ1v) is 4.78. The van der Waals surface area contributed by atoms with E-state index in [0.29, 0.717) is 5.75 Å². The number of ether oxygens (including phenoxy) is 1. The fourth-order valence-corrected chi connectivity index (χ4v) is 1.21. The zero-order valence-corrected chi connectivity index (χ0v) is 8.67. The first-order chi connectivity index (χ1) is 8.15. The van der Waals surface area contributed by atoms with Gasteiger partial charge in [-0.25, -0.2) is 9.07 Å². The molecule has 17 heavy (non-hydrogen) atoms. The van der Waals surface area contributed by atoms with Crippen molar-refractivity contribution < 1.29 is 19.0 Å². The molecule has 6 heteroatoms. The van der Waals surface area contributed by atoms with Gasteiger partial charge < -0.3 is 14.6 Å². The third-order valence-electron chi connectivity index (χ3n) is 2.03. The van der Waals surface area contributed by atoms with Crippen molar-refractivity contribution in [2.75, 3.05) is 0 Å². The maximum atomic E-state index is 12.6. The van der Waals surface area contributed by atoms with Crippen LogP contribution in [0.3, 0.4) is 0 Å². The van der Waals surface area contributed by atoms with Gasteiger partial charge in [-0.15, -0.1) is 0 Å². The molecule has 0 saturated carbocycles. The van der Waals surface area contributed by atoms with Gasteiger partial charge >= 0.3 is 0 Å². The number of nitrogens with zero attached hydrogens (tertiary/aromatic N) is 2. The quantitative estimate of drug-likeness (QED) is 0.770. The Labute approximate surface area is 96.1 Å². The lowest BCUT2D eigenvalue weighted by Gasteiger charge is -2.05. The van der Waals surface area contributed by atoms with Gasteiger partial charge in [-0.2, -0.15) is 5.10 Å². The predicted octanol–water partition coefficient (Wildman–Crippen LogP) is 0.422. The van der Waals surface area contributed by atoms with Crippen LogP contribution in [0.15, 0.2) is 36.5 Å². The Morgan fingerprint density at radius 1 is 1.35 bits per heavy atom. The highest BCUT2D eigenvalue weighted by Crippen LogP contribution is 2.11. The number of aromatic carboxylic acids is 1. The van der Waals surface area contributed by atoms with E-state index >= 15 is 0 Å². The molecule has 0 saturated heterocycles. The number of aromatic nitrogens is 2. The van der Waals surface area contributed by atoms with Gasteiger partial charge in [0.1, 0.15) is 17.3 Å². The molecule has 0 N–H and O–H groups in total. The Balaban J connectivity index is 1.97. The van der Waals surface area contributed by atoms with Crippen molar-refractivity contribution >= 4 is 5.97 Å². The Morgan fingerprint density at radius 3 is 2.65 bits per heavy atom. The van der Waals surface area contributed by atoms with Crippen molar-refractivity contribution in [1.29, 1.82) is 0 Å². The molecule has 0 aliphatic carbocycles. The molecule has 2 rings (SSSR count). The number of carbonyl (C=O) groups excluding carboxylic acids is 1. The Hall–Kier alpha value is -2.37. The summed E-state index contributed by atoms with van der Waals surface area (Å²) in [6, 6.07) is 6.79. The summed E-state index contributed by atoms with van der Waals surface area (Å²) in [6.07, 6.45) is 1.45. The fourth-order valence-electron chi connectivity index (χ4n) is 1.21. The van der Waals surface area contributed by atoms with Crippen molar-refractivity contribution in [3.05, 3.63) is 48.0 Å². The van der Waals surface area contributed by atoms with Gasteiger partial charge in [0.25, 0.3) is 0 Å². The molecule has 88 valence electrons. The number of hydrogen-bond acceptors (Lipinski definition) is 4. The van der Waals surface area contributed by atoms with Crippen molar-refractivity contribution in [3.8, 4) is 5.75 Å². The van der Waals surface area contributed by atoms with E-state index in [1.54, 1.807) is 0 Å². The second-order valence-electron chi connectivity index (χ2n) is 3.26. The summed E-state index contributed by atoms with van der Waals surface area (Å²) in [5.74, 6) is -1.22.